The van der Waals surface area contributed by atoms with E-state index in [1.165, 1.54) is 96.3 Å². The van der Waals surface area contributed by atoms with Crippen LogP contribution in [0.2, 0.25) is 0 Å². The molecule has 0 amide bonds. The molecule has 0 radical (unpaired) electrons. The number of methoxy groups -OCH3 is 1. The molecule has 0 bridgehead atoms. The summed E-state index contributed by atoms with van der Waals surface area (Å²) in [4.78, 5) is 0. The van der Waals surface area contributed by atoms with Crippen molar-refractivity contribution in [3.8, 4) is 0 Å². The molecule has 0 spiro atoms. The largest absolute Gasteiger partial charge is 0.616 e. The minimum Gasteiger partial charge on any atom is -0.616 e. The van der Waals surface area contributed by atoms with Gasteiger partial charge in [-0.25, -0.2) is 0 Å². The molecule has 2 unspecified atom stereocenters. The number of hydrogen-bond donors (Lipinski definition) is 1. The number of hydrogen-bond acceptors (Lipinski definition) is 4. The van der Waals surface area contributed by atoms with Crippen LogP contribution >= 0.6 is 0 Å². The normalized spacial score (nSPS) is 13.5. The summed E-state index contributed by atoms with van der Waals surface area (Å²) < 4.78 is 23.0. The van der Waals surface area contributed by atoms with Crippen LogP contribution in [0.5, 0.6) is 0 Å². The maximum Gasteiger partial charge on any atom is 0.108 e. The molecule has 0 aliphatic heterocycles. The Labute approximate surface area is 197 Å². The van der Waals surface area contributed by atoms with Crippen LogP contribution < -0.4 is 0 Å². The summed E-state index contributed by atoms with van der Waals surface area (Å²) in [7, 11) is 1.69. The zero-order valence-corrected chi connectivity index (χ0v) is 21.7. The Bertz CT molecular complexity index is 331. The third-order valence-electron chi connectivity index (χ3n) is 5.98. The second kappa shape index (κ2) is 26.4. The van der Waals surface area contributed by atoms with E-state index in [4.69, 9.17) is 14.6 Å². The number of aliphatic hydroxyl groups is 1. The van der Waals surface area contributed by atoms with E-state index in [1.807, 2.05) is 0 Å². The minimum absolute atomic E-state index is 0.0270. The number of unbranched alkanes of at least 4 members (excludes halogenated alkanes) is 15. The van der Waals surface area contributed by atoms with Crippen molar-refractivity contribution in [3.05, 3.63) is 0 Å². The predicted molar refractivity (Wildman–Crippen MR) is 135 cm³/mol. The molecule has 4 nitrogen and oxygen atoms in total. The summed E-state index contributed by atoms with van der Waals surface area (Å²) in [6.45, 7) is 3.78. The topological polar surface area (TPSA) is 61.8 Å². The number of aliphatic hydroxyl groups excluding tert-OH is 1. The molecule has 188 valence electrons. The Morgan fingerprint density at radius 1 is 0.710 bits per heavy atom. The summed E-state index contributed by atoms with van der Waals surface area (Å²) in [6.07, 6.45) is 23.5. The highest BCUT2D eigenvalue weighted by Gasteiger charge is 2.13. The fourth-order valence-corrected chi connectivity index (χ4v) is 5.01. The van der Waals surface area contributed by atoms with Gasteiger partial charge in [-0.15, -0.1) is 0 Å². The van der Waals surface area contributed by atoms with Gasteiger partial charge in [-0.2, -0.15) is 0 Å². The molecular formula is C26H54O4S. The third kappa shape index (κ3) is 24.7. The maximum atomic E-state index is 11.8. The first-order valence-corrected chi connectivity index (χ1v) is 14.8. The zero-order chi connectivity index (χ0) is 22.8. The highest BCUT2D eigenvalue weighted by molar-refractivity contribution is 7.91. The van der Waals surface area contributed by atoms with Crippen LogP contribution in [-0.2, 0) is 20.6 Å². The Morgan fingerprint density at radius 3 is 1.65 bits per heavy atom. The van der Waals surface area contributed by atoms with Crippen LogP contribution in [-0.4, -0.2) is 54.2 Å². The molecule has 2 atom stereocenters. The third-order valence-corrected chi connectivity index (χ3v) is 7.41. The smallest absolute Gasteiger partial charge is 0.108 e. The molecule has 0 aliphatic rings. The summed E-state index contributed by atoms with van der Waals surface area (Å²) in [6, 6.07) is 0. The molecule has 0 aromatic carbocycles. The van der Waals surface area contributed by atoms with Crippen LogP contribution in [0.3, 0.4) is 0 Å². The molecule has 1 N–H and O–H groups in total. The molecule has 0 aliphatic carbocycles. The van der Waals surface area contributed by atoms with E-state index in [0.717, 1.165) is 19.4 Å². The van der Waals surface area contributed by atoms with Gasteiger partial charge in [-0.1, -0.05) is 114 Å². The lowest BCUT2D eigenvalue weighted by atomic mass is 10.0. The van der Waals surface area contributed by atoms with Crippen molar-refractivity contribution in [2.24, 2.45) is 0 Å². The second-order valence-electron chi connectivity index (χ2n) is 8.95. The minimum atomic E-state index is -0.858. The molecule has 0 fully saturated rings. The van der Waals surface area contributed by atoms with Gasteiger partial charge in [-0.3, -0.25) is 0 Å². The van der Waals surface area contributed by atoms with Crippen LogP contribution in [0.1, 0.15) is 122 Å². The van der Waals surface area contributed by atoms with Crippen molar-refractivity contribution in [2.75, 3.05) is 38.4 Å². The molecule has 0 aromatic rings. The molecule has 0 heterocycles. The molecule has 0 saturated heterocycles. The lowest BCUT2D eigenvalue weighted by molar-refractivity contribution is 0.00623. The lowest BCUT2D eigenvalue weighted by Crippen LogP contribution is -2.23. The maximum absolute atomic E-state index is 11.8. The van der Waals surface area contributed by atoms with Gasteiger partial charge in [0.15, 0.2) is 0 Å². The Balaban J connectivity index is 3.26. The molecule has 31 heavy (non-hydrogen) atoms. The van der Waals surface area contributed by atoms with Gasteiger partial charge in [-0.05, 0) is 6.42 Å². The van der Waals surface area contributed by atoms with E-state index in [9.17, 15) is 4.55 Å². The number of rotatable bonds is 26. The van der Waals surface area contributed by atoms with E-state index in [2.05, 4.69) is 6.92 Å². The van der Waals surface area contributed by atoms with Crippen molar-refractivity contribution in [1.29, 1.82) is 0 Å². The zero-order valence-electron chi connectivity index (χ0n) is 20.9. The van der Waals surface area contributed by atoms with Gasteiger partial charge in [0, 0.05) is 33.2 Å². The van der Waals surface area contributed by atoms with E-state index in [-0.39, 0.29) is 12.7 Å². The fraction of sp³-hybridized carbons (Fsp3) is 1.00. The number of ether oxygens (including phenoxy) is 2. The average Bonchev–Trinajstić information content (AvgIpc) is 2.78. The van der Waals surface area contributed by atoms with Gasteiger partial charge in [0.2, 0.25) is 0 Å². The van der Waals surface area contributed by atoms with E-state index in [1.54, 1.807) is 7.11 Å². The van der Waals surface area contributed by atoms with Crippen molar-refractivity contribution in [3.63, 3.8) is 0 Å². The molecular weight excluding hydrogens is 408 g/mol. The van der Waals surface area contributed by atoms with Gasteiger partial charge in [0.25, 0.3) is 0 Å². The van der Waals surface area contributed by atoms with E-state index >= 15 is 0 Å². The highest BCUT2D eigenvalue weighted by Crippen LogP contribution is 2.14. The SMILES string of the molecule is CCCCCCCCCCCCCCCCCCOCC(CC[S+]([O-])CCCO)OC. The van der Waals surface area contributed by atoms with Crippen LogP contribution in [0, 0.1) is 0 Å². The first kappa shape index (κ1) is 31.2. The Morgan fingerprint density at radius 2 is 1.19 bits per heavy atom. The Kier molecular flexibility index (Phi) is 26.6. The van der Waals surface area contributed by atoms with Crippen LogP contribution in [0.4, 0.5) is 0 Å². The summed E-state index contributed by atoms with van der Waals surface area (Å²) in [5.41, 5.74) is 0. The molecule has 0 rings (SSSR count). The average molecular weight is 463 g/mol. The quantitative estimate of drug-likeness (QED) is 0.113. The first-order chi connectivity index (χ1) is 15.2. The second-order valence-corrected chi connectivity index (χ2v) is 10.6. The fourth-order valence-electron chi connectivity index (χ4n) is 3.83. The van der Waals surface area contributed by atoms with E-state index < -0.39 is 11.2 Å². The van der Waals surface area contributed by atoms with E-state index in [0.29, 0.717) is 24.5 Å². The van der Waals surface area contributed by atoms with Crippen molar-refractivity contribution in [2.45, 2.75) is 129 Å². The summed E-state index contributed by atoms with van der Waals surface area (Å²) in [5.74, 6) is 1.20. The predicted octanol–water partition coefficient (Wildman–Crippen LogP) is 6.80. The van der Waals surface area contributed by atoms with Crippen LogP contribution in [0.15, 0.2) is 0 Å². The van der Waals surface area contributed by atoms with Gasteiger partial charge in [0.1, 0.15) is 11.5 Å². The summed E-state index contributed by atoms with van der Waals surface area (Å²) in [5, 5.41) is 8.78. The van der Waals surface area contributed by atoms with Gasteiger partial charge < -0.3 is 19.1 Å². The molecule has 0 aromatic heterocycles. The summed E-state index contributed by atoms with van der Waals surface area (Å²) >= 11 is -0.858. The first-order valence-electron chi connectivity index (χ1n) is 13.3. The van der Waals surface area contributed by atoms with Crippen molar-refractivity contribution >= 4 is 11.2 Å². The lowest BCUT2D eigenvalue weighted by Gasteiger charge is -2.17. The van der Waals surface area contributed by atoms with Crippen LogP contribution in [0.25, 0.3) is 0 Å². The molecule has 0 saturated carbocycles. The molecule has 5 heteroatoms. The standard InChI is InChI=1S/C26H54O4S/c1-3-4-5-6-7-8-9-10-11-12-13-14-15-16-17-18-22-30-25-26(29-2)20-24-31(28)23-19-21-27/h26-27H,3-25H2,1-2H3. The monoisotopic (exact) mass is 462 g/mol. The van der Waals surface area contributed by atoms with Crippen molar-refractivity contribution in [1.82, 2.24) is 0 Å². The van der Waals surface area contributed by atoms with Crippen molar-refractivity contribution < 1.29 is 19.1 Å². The highest BCUT2D eigenvalue weighted by atomic mass is 32.2. The Hall–Kier alpha value is 0.190. The van der Waals surface area contributed by atoms with Gasteiger partial charge >= 0.3 is 0 Å². The van der Waals surface area contributed by atoms with Gasteiger partial charge in [0.05, 0.1) is 12.7 Å².